The highest BCUT2D eigenvalue weighted by Gasteiger charge is 2.16. The van der Waals surface area contributed by atoms with E-state index in [9.17, 15) is 0 Å². The lowest BCUT2D eigenvalue weighted by Gasteiger charge is -2.11. The van der Waals surface area contributed by atoms with Crippen LogP contribution >= 0.6 is 0 Å². The molecular weight excluding hydrogens is 246 g/mol. The van der Waals surface area contributed by atoms with Crippen LogP contribution in [0.3, 0.4) is 0 Å². The van der Waals surface area contributed by atoms with Gasteiger partial charge in [-0.15, -0.1) is 0 Å². The van der Waals surface area contributed by atoms with E-state index < -0.39 is 0 Å². The molecule has 0 saturated carbocycles. The largest absolute Gasteiger partial charge is 0.459 e. The van der Waals surface area contributed by atoms with Crippen LogP contribution in [0.4, 0.5) is 0 Å². The standard InChI is InChI=1S/C18H27NO/c1-5-7-8-15-9-10-17-16(12-15)13(3)18(20-17)14(4)19-11-6-2/h9-10,12,14,19H,5-8,11H2,1-4H3. The summed E-state index contributed by atoms with van der Waals surface area (Å²) in [4.78, 5) is 0. The molecule has 1 N–H and O–H groups in total. The summed E-state index contributed by atoms with van der Waals surface area (Å²) in [6.07, 6.45) is 4.80. The summed E-state index contributed by atoms with van der Waals surface area (Å²) >= 11 is 0. The highest BCUT2D eigenvalue weighted by molar-refractivity contribution is 5.82. The molecule has 0 radical (unpaired) electrons. The number of furan rings is 1. The molecule has 1 aromatic carbocycles. The lowest BCUT2D eigenvalue weighted by Crippen LogP contribution is -2.19. The van der Waals surface area contributed by atoms with E-state index in [-0.39, 0.29) is 6.04 Å². The lowest BCUT2D eigenvalue weighted by molar-refractivity contribution is 0.448. The second kappa shape index (κ2) is 6.94. The van der Waals surface area contributed by atoms with Gasteiger partial charge in [-0.25, -0.2) is 0 Å². The summed E-state index contributed by atoms with van der Waals surface area (Å²) in [7, 11) is 0. The summed E-state index contributed by atoms with van der Waals surface area (Å²) in [5.74, 6) is 1.08. The average molecular weight is 273 g/mol. The minimum Gasteiger partial charge on any atom is -0.459 e. The van der Waals surface area contributed by atoms with Crippen molar-refractivity contribution in [2.45, 2.75) is 59.4 Å². The molecule has 2 nitrogen and oxygen atoms in total. The molecule has 0 bridgehead atoms. The van der Waals surface area contributed by atoms with Gasteiger partial charge >= 0.3 is 0 Å². The van der Waals surface area contributed by atoms with E-state index in [1.165, 1.54) is 29.4 Å². The van der Waals surface area contributed by atoms with E-state index in [4.69, 9.17) is 4.42 Å². The average Bonchev–Trinajstić information content (AvgIpc) is 2.79. The molecule has 0 aliphatic rings. The Morgan fingerprint density at radius 2 is 2.00 bits per heavy atom. The van der Waals surface area contributed by atoms with Gasteiger partial charge in [-0.3, -0.25) is 0 Å². The maximum absolute atomic E-state index is 6.05. The van der Waals surface area contributed by atoms with Gasteiger partial charge in [-0.05, 0) is 62.9 Å². The van der Waals surface area contributed by atoms with Gasteiger partial charge in [0.2, 0.25) is 0 Å². The Bertz CT molecular complexity index is 556. The van der Waals surface area contributed by atoms with Crippen molar-refractivity contribution in [2.75, 3.05) is 6.54 Å². The molecule has 2 aromatic rings. The molecule has 1 unspecified atom stereocenters. The van der Waals surface area contributed by atoms with Crippen LogP contribution in [0.1, 0.15) is 63.0 Å². The third-order valence-electron chi connectivity index (χ3n) is 3.95. The van der Waals surface area contributed by atoms with E-state index in [0.29, 0.717) is 0 Å². The zero-order chi connectivity index (χ0) is 14.5. The van der Waals surface area contributed by atoms with E-state index in [1.54, 1.807) is 0 Å². The van der Waals surface area contributed by atoms with Crippen LogP contribution < -0.4 is 5.32 Å². The Balaban J connectivity index is 2.27. The molecule has 0 saturated heterocycles. The number of hydrogen-bond donors (Lipinski definition) is 1. The van der Waals surface area contributed by atoms with Crippen molar-refractivity contribution in [3.63, 3.8) is 0 Å². The van der Waals surface area contributed by atoms with Gasteiger partial charge in [0.25, 0.3) is 0 Å². The predicted molar refractivity (Wildman–Crippen MR) is 86.3 cm³/mol. The van der Waals surface area contributed by atoms with E-state index in [1.807, 2.05) is 0 Å². The summed E-state index contributed by atoms with van der Waals surface area (Å²) in [5.41, 5.74) is 3.72. The minimum absolute atomic E-state index is 0.279. The Morgan fingerprint density at radius 1 is 1.20 bits per heavy atom. The van der Waals surface area contributed by atoms with Crippen LogP contribution in [-0.2, 0) is 6.42 Å². The second-order valence-corrected chi connectivity index (χ2v) is 5.70. The Kier molecular flexibility index (Phi) is 5.24. The van der Waals surface area contributed by atoms with Gasteiger partial charge in [0.15, 0.2) is 0 Å². The fraction of sp³-hybridized carbons (Fsp3) is 0.556. The van der Waals surface area contributed by atoms with Crippen molar-refractivity contribution in [3.8, 4) is 0 Å². The van der Waals surface area contributed by atoms with Crippen molar-refractivity contribution in [3.05, 3.63) is 35.1 Å². The van der Waals surface area contributed by atoms with Crippen molar-refractivity contribution >= 4 is 11.0 Å². The molecule has 0 fully saturated rings. The molecule has 0 spiro atoms. The predicted octanol–water partition coefficient (Wildman–Crippen LogP) is 5.14. The molecule has 2 heteroatoms. The first-order valence-corrected chi connectivity index (χ1v) is 7.92. The zero-order valence-corrected chi connectivity index (χ0v) is 13.3. The molecule has 0 amide bonds. The molecule has 20 heavy (non-hydrogen) atoms. The molecule has 0 aliphatic carbocycles. The molecule has 1 atom stereocenters. The smallest absolute Gasteiger partial charge is 0.134 e. The fourth-order valence-corrected chi connectivity index (χ4v) is 2.69. The maximum Gasteiger partial charge on any atom is 0.134 e. The van der Waals surface area contributed by atoms with Crippen LogP contribution in [0.15, 0.2) is 22.6 Å². The maximum atomic E-state index is 6.05. The van der Waals surface area contributed by atoms with Gasteiger partial charge in [0, 0.05) is 5.39 Å². The number of rotatable bonds is 7. The van der Waals surface area contributed by atoms with Gasteiger partial charge in [-0.2, -0.15) is 0 Å². The topological polar surface area (TPSA) is 25.2 Å². The van der Waals surface area contributed by atoms with Gasteiger partial charge in [0.05, 0.1) is 6.04 Å². The quantitative estimate of drug-likeness (QED) is 0.755. The number of aryl methyl sites for hydroxylation is 2. The molecular formula is C18H27NO. The van der Waals surface area contributed by atoms with Crippen LogP contribution in [0.25, 0.3) is 11.0 Å². The fourth-order valence-electron chi connectivity index (χ4n) is 2.69. The van der Waals surface area contributed by atoms with E-state index in [2.05, 4.69) is 51.2 Å². The van der Waals surface area contributed by atoms with Crippen molar-refractivity contribution in [2.24, 2.45) is 0 Å². The second-order valence-electron chi connectivity index (χ2n) is 5.70. The van der Waals surface area contributed by atoms with Crippen LogP contribution in [-0.4, -0.2) is 6.54 Å². The number of benzene rings is 1. The first-order valence-electron chi connectivity index (χ1n) is 7.92. The highest BCUT2D eigenvalue weighted by Crippen LogP contribution is 2.30. The molecule has 1 aromatic heterocycles. The SMILES string of the molecule is CCCCc1ccc2oc(C(C)NCCC)c(C)c2c1. The lowest BCUT2D eigenvalue weighted by atomic mass is 10.0. The number of unbranched alkanes of at least 4 members (excludes halogenated alkanes) is 1. The summed E-state index contributed by atoms with van der Waals surface area (Å²) in [6, 6.07) is 6.92. The normalized spacial score (nSPS) is 13.0. The van der Waals surface area contributed by atoms with Crippen LogP contribution in [0.5, 0.6) is 0 Å². The number of hydrogen-bond acceptors (Lipinski definition) is 2. The van der Waals surface area contributed by atoms with Crippen molar-refractivity contribution < 1.29 is 4.42 Å². The number of fused-ring (bicyclic) bond motifs is 1. The van der Waals surface area contributed by atoms with Gasteiger partial charge < -0.3 is 9.73 Å². The summed E-state index contributed by atoms with van der Waals surface area (Å²) in [6.45, 7) is 9.80. The molecule has 110 valence electrons. The summed E-state index contributed by atoms with van der Waals surface area (Å²) in [5, 5.41) is 4.78. The van der Waals surface area contributed by atoms with Gasteiger partial charge in [0.1, 0.15) is 11.3 Å². The minimum atomic E-state index is 0.279. The highest BCUT2D eigenvalue weighted by atomic mass is 16.3. The van der Waals surface area contributed by atoms with E-state index >= 15 is 0 Å². The van der Waals surface area contributed by atoms with Crippen molar-refractivity contribution in [1.82, 2.24) is 5.32 Å². The molecule has 1 heterocycles. The Labute approximate surface area is 122 Å². The molecule has 2 rings (SSSR count). The first-order chi connectivity index (χ1) is 9.67. The van der Waals surface area contributed by atoms with E-state index in [0.717, 1.165) is 30.7 Å². The third-order valence-corrected chi connectivity index (χ3v) is 3.95. The van der Waals surface area contributed by atoms with Crippen molar-refractivity contribution in [1.29, 1.82) is 0 Å². The Hall–Kier alpha value is -1.28. The third kappa shape index (κ3) is 3.24. The molecule has 0 aliphatic heterocycles. The number of nitrogens with one attached hydrogen (secondary N) is 1. The monoisotopic (exact) mass is 273 g/mol. The zero-order valence-electron chi connectivity index (χ0n) is 13.3. The van der Waals surface area contributed by atoms with Crippen LogP contribution in [0.2, 0.25) is 0 Å². The van der Waals surface area contributed by atoms with Crippen LogP contribution in [0, 0.1) is 6.92 Å². The van der Waals surface area contributed by atoms with Gasteiger partial charge in [-0.1, -0.05) is 26.3 Å². The Morgan fingerprint density at radius 3 is 2.70 bits per heavy atom. The summed E-state index contributed by atoms with van der Waals surface area (Å²) < 4.78 is 6.05. The first kappa shape index (κ1) is 15.1.